The number of primary amides is 1. The van der Waals surface area contributed by atoms with Crippen LogP contribution < -0.4 is 5.73 Å². The fourth-order valence-electron chi connectivity index (χ4n) is 2.61. The summed E-state index contributed by atoms with van der Waals surface area (Å²) in [5.41, 5.74) is 6.24. The minimum Gasteiger partial charge on any atom is -0.378 e. The highest BCUT2D eigenvalue weighted by Crippen LogP contribution is 2.19. The molecule has 4 nitrogen and oxygen atoms in total. The molecule has 0 aliphatic carbocycles. The molecule has 0 bridgehead atoms. The monoisotopic (exact) mass is 332 g/mol. The molecule has 0 spiro atoms. The van der Waals surface area contributed by atoms with Crippen molar-refractivity contribution in [3.05, 3.63) is 21.9 Å². The lowest BCUT2D eigenvalue weighted by Crippen LogP contribution is -2.41. The van der Waals surface area contributed by atoms with E-state index >= 15 is 0 Å². The van der Waals surface area contributed by atoms with Gasteiger partial charge in [0.25, 0.3) is 0 Å². The Bertz CT molecular complexity index is 474. The van der Waals surface area contributed by atoms with Crippen molar-refractivity contribution >= 4 is 17.2 Å². The van der Waals surface area contributed by atoms with E-state index in [1.165, 1.54) is 11.3 Å². The van der Waals surface area contributed by atoms with Gasteiger partial charge in [0, 0.05) is 24.4 Å². The standard InChI is InChI=1S/C15H22F2N2O2S/c16-14(17)8-13-7-11(10-22-13)3-6-21-12-1-4-19(5-2-12)9-15(18)20/h7,10,12,14H,1-6,8-9H2,(H2,18,20). The first kappa shape index (κ1) is 17.3. The quantitative estimate of drug-likeness (QED) is 0.793. The molecule has 0 radical (unpaired) electrons. The summed E-state index contributed by atoms with van der Waals surface area (Å²) in [6.07, 6.45) is 0.309. The minimum absolute atomic E-state index is 0.163. The molecule has 1 aromatic rings. The molecule has 0 unspecified atom stereocenters. The number of carbonyl (C=O) groups is 1. The fraction of sp³-hybridized carbons (Fsp3) is 0.667. The van der Waals surface area contributed by atoms with Gasteiger partial charge < -0.3 is 10.5 Å². The van der Waals surface area contributed by atoms with E-state index in [2.05, 4.69) is 0 Å². The van der Waals surface area contributed by atoms with Gasteiger partial charge in [-0.1, -0.05) is 0 Å². The lowest BCUT2D eigenvalue weighted by molar-refractivity contribution is -0.119. The molecule has 2 heterocycles. The third-order valence-corrected chi connectivity index (χ3v) is 4.73. The molecule has 1 aliphatic rings. The SMILES string of the molecule is NC(=O)CN1CCC(OCCc2csc(CC(F)F)c2)CC1. The number of amides is 1. The second-order valence-corrected chi connectivity index (χ2v) is 6.57. The molecular formula is C15H22F2N2O2S. The van der Waals surface area contributed by atoms with Crippen LogP contribution in [0.3, 0.4) is 0 Å². The Hall–Kier alpha value is -1.05. The van der Waals surface area contributed by atoms with Crippen LogP contribution in [0.25, 0.3) is 0 Å². The highest BCUT2D eigenvalue weighted by molar-refractivity contribution is 7.10. The highest BCUT2D eigenvalue weighted by atomic mass is 32.1. The lowest BCUT2D eigenvalue weighted by Gasteiger charge is -2.30. The van der Waals surface area contributed by atoms with Crippen molar-refractivity contribution in [2.24, 2.45) is 5.73 Å². The minimum atomic E-state index is -2.28. The van der Waals surface area contributed by atoms with Gasteiger partial charge in [0.2, 0.25) is 12.3 Å². The highest BCUT2D eigenvalue weighted by Gasteiger charge is 2.20. The molecule has 2 rings (SSSR count). The average Bonchev–Trinajstić information content (AvgIpc) is 2.87. The Morgan fingerprint density at radius 2 is 2.18 bits per heavy atom. The summed E-state index contributed by atoms with van der Waals surface area (Å²) in [5.74, 6) is -0.295. The molecule has 0 atom stereocenters. The van der Waals surface area contributed by atoms with E-state index in [0.29, 0.717) is 13.2 Å². The van der Waals surface area contributed by atoms with Gasteiger partial charge in [-0.15, -0.1) is 11.3 Å². The molecule has 1 aromatic heterocycles. The van der Waals surface area contributed by atoms with Crippen molar-refractivity contribution in [1.29, 1.82) is 0 Å². The van der Waals surface area contributed by atoms with Crippen LogP contribution in [0.1, 0.15) is 23.3 Å². The smallest absolute Gasteiger partial charge is 0.243 e. The summed E-state index contributed by atoms with van der Waals surface area (Å²) in [6.45, 7) is 2.56. The number of piperidine rings is 1. The van der Waals surface area contributed by atoms with Crippen LogP contribution in [-0.4, -0.2) is 49.6 Å². The van der Waals surface area contributed by atoms with Crippen LogP contribution in [0.15, 0.2) is 11.4 Å². The van der Waals surface area contributed by atoms with Crippen LogP contribution in [0.2, 0.25) is 0 Å². The van der Waals surface area contributed by atoms with Crippen molar-refractivity contribution in [2.75, 3.05) is 26.2 Å². The van der Waals surface area contributed by atoms with Crippen molar-refractivity contribution in [1.82, 2.24) is 4.90 Å². The number of alkyl halides is 2. The number of likely N-dealkylation sites (tertiary alicyclic amines) is 1. The first-order valence-corrected chi connectivity index (χ1v) is 8.37. The zero-order valence-corrected chi connectivity index (χ0v) is 13.3. The normalized spacial score (nSPS) is 17.2. The number of carbonyl (C=O) groups excluding carboxylic acids is 1. The van der Waals surface area contributed by atoms with Gasteiger partial charge >= 0.3 is 0 Å². The van der Waals surface area contributed by atoms with E-state index in [0.717, 1.165) is 42.8 Å². The predicted molar refractivity (Wildman–Crippen MR) is 82.3 cm³/mol. The molecule has 2 N–H and O–H groups in total. The predicted octanol–water partition coefficient (Wildman–Crippen LogP) is 2.06. The van der Waals surface area contributed by atoms with Crippen LogP contribution in [0.5, 0.6) is 0 Å². The third-order valence-electron chi connectivity index (χ3n) is 3.72. The maximum absolute atomic E-state index is 12.3. The number of ether oxygens (including phenoxy) is 1. The number of nitrogens with two attached hydrogens (primary N) is 1. The molecule has 1 aliphatic heterocycles. The van der Waals surface area contributed by atoms with Gasteiger partial charge in [0.15, 0.2) is 0 Å². The zero-order chi connectivity index (χ0) is 15.9. The van der Waals surface area contributed by atoms with Gasteiger partial charge in [-0.25, -0.2) is 8.78 Å². The Labute approximate surface area is 133 Å². The fourth-order valence-corrected chi connectivity index (χ4v) is 3.54. The molecule has 22 heavy (non-hydrogen) atoms. The van der Waals surface area contributed by atoms with Crippen molar-refractivity contribution < 1.29 is 18.3 Å². The van der Waals surface area contributed by atoms with E-state index in [-0.39, 0.29) is 18.4 Å². The maximum Gasteiger partial charge on any atom is 0.243 e. The van der Waals surface area contributed by atoms with Gasteiger partial charge in [-0.2, -0.15) is 0 Å². The Morgan fingerprint density at radius 1 is 1.45 bits per heavy atom. The van der Waals surface area contributed by atoms with Crippen molar-refractivity contribution in [3.63, 3.8) is 0 Å². The average molecular weight is 332 g/mol. The molecular weight excluding hydrogens is 310 g/mol. The second kappa shape index (κ2) is 8.55. The summed E-state index contributed by atoms with van der Waals surface area (Å²) in [6, 6.07) is 1.84. The van der Waals surface area contributed by atoms with E-state index < -0.39 is 6.43 Å². The maximum atomic E-state index is 12.3. The summed E-state index contributed by atoms with van der Waals surface area (Å²) in [7, 11) is 0. The van der Waals surface area contributed by atoms with Gasteiger partial charge in [0.05, 0.1) is 19.3 Å². The lowest BCUT2D eigenvalue weighted by atomic mass is 10.1. The van der Waals surface area contributed by atoms with E-state index in [4.69, 9.17) is 10.5 Å². The molecule has 7 heteroatoms. The summed E-state index contributed by atoms with van der Waals surface area (Å²) in [5, 5.41) is 1.93. The first-order valence-electron chi connectivity index (χ1n) is 7.49. The largest absolute Gasteiger partial charge is 0.378 e. The third kappa shape index (κ3) is 5.98. The number of rotatable bonds is 8. The summed E-state index contributed by atoms with van der Waals surface area (Å²) >= 11 is 1.38. The van der Waals surface area contributed by atoms with E-state index in [1.807, 2.05) is 16.3 Å². The van der Waals surface area contributed by atoms with E-state index in [1.54, 1.807) is 0 Å². The van der Waals surface area contributed by atoms with Crippen molar-refractivity contribution in [2.45, 2.75) is 38.2 Å². The van der Waals surface area contributed by atoms with E-state index in [9.17, 15) is 13.6 Å². The molecule has 1 amide bonds. The number of hydrogen-bond donors (Lipinski definition) is 1. The summed E-state index contributed by atoms with van der Waals surface area (Å²) in [4.78, 5) is 13.6. The Kier molecular flexibility index (Phi) is 6.72. The Balaban J connectivity index is 1.63. The van der Waals surface area contributed by atoms with Gasteiger partial charge in [0.1, 0.15) is 0 Å². The molecule has 1 fully saturated rings. The molecule has 0 aromatic carbocycles. The second-order valence-electron chi connectivity index (χ2n) is 5.58. The molecule has 0 saturated carbocycles. The Morgan fingerprint density at radius 3 is 2.82 bits per heavy atom. The topological polar surface area (TPSA) is 55.6 Å². The molecule has 124 valence electrons. The van der Waals surface area contributed by atoms with Crippen LogP contribution >= 0.6 is 11.3 Å². The van der Waals surface area contributed by atoms with Crippen molar-refractivity contribution in [3.8, 4) is 0 Å². The number of halogens is 2. The molecule has 1 saturated heterocycles. The van der Waals surface area contributed by atoms with Gasteiger partial charge in [-0.05, 0) is 36.3 Å². The number of nitrogens with zero attached hydrogens (tertiary/aromatic N) is 1. The van der Waals surface area contributed by atoms with Gasteiger partial charge in [-0.3, -0.25) is 9.69 Å². The van der Waals surface area contributed by atoms with Crippen LogP contribution in [0, 0.1) is 0 Å². The number of thiophene rings is 1. The van der Waals surface area contributed by atoms with Crippen LogP contribution in [0.4, 0.5) is 8.78 Å². The van der Waals surface area contributed by atoms with Crippen LogP contribution in [-0.2, 0) is 22.4 Å². The zero-order valence-electron chi connectivity index (χ0n) is 12.5. The summed E-state index contributed by atoms with van der Waals surface area (Å²) < 4.78 is 30.4. The number of hydrogen-bond acceptors (Lipinski definition) is 4. The first-order chi connectivity index (χ1) is 10.5.